The molecule has 0 saturated carbocycles. The fourth-order valence-corrected chi connectivity index (χ4v) is 3.89. The maximum atomic E-state index is 5.63. The van der Waals surface area contributed by atoms with Gasteiger partial charge in [-0.2, -0.15) is 0 Å². The van der Waals surface area contributed by atoms with E-state index in [9.17, 15) is 0 Å². The van der Waals surface area contributed by atoms with Crippen LogP contribution in [0.2, 0.25) is 0 Å². The summed E-state index contributed by atoms with van der Waals surface area (Å²) >= 11 is 0. The van der Waals surface area contributed by atoms with Crippen molar-refractivity contribution in [3.63, 3.8) is 0 Å². The molecule has 1 unspecified atom stereocenters. The quantitative estimate of drug-likeness (QED) is 0.745. The Hall–Kier alpha value is -2.43. The fourth-order valence-electron chi connectivity index (χ4n) is 3.89. The molecule has 3 aromatic rings. The Labute approximate surface area is 161 Å². The molecule has 1 aliphatic rings. The molecule has 2 aromatic carbocycles. The first-order valence-electron chi connectivity index (χ1n) is 9.87. The highest BCUT2D eigenvalue weighted by atomic mass is 16.5. The standard InChI is InChI=1S/C23H27N3O/c1-2-27-21-10-8-18(9-11-21)23(26-14-5-12-24-13-15-26)20-16-19-6-3-4-7-22(19)25-17-20/h3-4,6-11,16-17,23-24H,2,5,12-15H2,1H3. The lowest BCUT2D eigenvalue weighted by atomic mass is 9.96. The summed E-state index contributed by atoms with van der Waals surface area (Å²) in [4.78, 5) is 7.30. The number of para-hydroxylation sites is 1. The van der Waals surface area contributed by atoms with Gasteiger partial charge in [0.1, 0.15) is 5.75 Å². The zero-order chi connectivity index (χ0) is 18.5. The van der Waals surface area contributed by atoms with Gasteiger partial charge in [-0.1, -0.05) is 30.3 Å². The summed E-state index contributed by atoms with van der Waals surface area (Å²) in [6, 6.07) is 19.4. The van der Waals surface area contributed by atoms with Gasteiger partial charge in [-0.3, -0.25) is 9.88 Å². The van der Waals surface area contributed by atoms with Crippen LogP contribution in [-0.2, 0) is 0 Å². The van der Waals surface area contributed by atoms with E-state index in [1.807, 2.05) is 19.2 Å². The normalized spacial score (nSPS) is 16.8. The summed E-state index contributed by atoms with van der Waals surface area (Å²) in [5.74, 6) is 0.925. The summed E-state index contributed by atoms with van der Waals surface area (Å²) in [6.07, 6.45) is 3.20. The Kier molecular flexibility index (Phi) is 5.66. The minimum atomic E-state index is 0.206. The number of fused-ring (bicyclic) bond motifs is 1. The molecule has 0 aliphatic carbocycles. The first-order valence-corrected chi connectivity index (χ1v) is 9.87. The molecule has 0 bridgehead atoms. The Bertz CT molecular complexity index is 870. The van der Waals surface area contributed by atoms with E-state index in [-0.39, 0.29) is 6.04 Å². The number of hydrogen-bond acceptors (Lipinski definition) is 4. The number of nitrogens with zero attached hydrogens (tertiary/aromatic N) is 2. The van der Waals surface area contributed by atoms with Crippen LogP contribution in [0.1, 0.15) is 30.5 Å². The van der Waals surface area contributed by atoms with Crippen LogP contribution in [0, 0.1) is 0 Å². The molecule has 1 N–H and O–H groups in total. The lowest BCUT2D eigenvalue weighted by Gasteiger charge is -2.31. The molecule has 1 saturated heterocycles. The minimum absolute atomic E-state index is 0.206. The molecule has 27 heavy (non-hydrogen) atoms. The molecule has 4 rings (SSSR count). The number of aromatic nitrogens is 1. The van der Waals surface area contributed by atoms with Crippen LogP contribution >= 0.6 is 0 Å². The second-order valence-corrected chi connectivity index (χ2v) is 7.01. The smallest absolute Gasteiger partial charge is 0.119 e. The Balaban J connectivity index is 1.73. The van der Waals surface area contributed by atoms with Crippen LogP contribution < -0.4 is 10.1 Å². The van der Waals surface area contributed by atoms with Gasteiger partial charge in [0.15, 0.2) is 0 Å². The molecule has 0 radical (unpaired) electrons. The van der Waals surface area contributed by atoms with E-state index < -0.39 is 0 Å². The van der Waals surface area contributed by atoms with Gasteiger partial charge in [0, 0.05) is 31.2 Å². The minimum Gasteiger partial charge on any atom is -0.494 e. The zero-order valence-corrected chi connectivity index (χ0v) is 15.9. The molecule has 1 atom stereocenters. The van der Waals surface area contributed by atoms with Crippen molar-refractivity contribution < 1.29 is 4.74 Å². The molecular formula is C23H27N3O. The van der Waals surface area contributed by atoms with E-state index in [2.05, 4.69) is 58.7 Å². The predicted octanol–water partition coefficient (Wildman–Crippen LogP) is 4.02. The molecule has 140 valence electrons. The Morgan fingerprint density at radius 1 is 1.04 bits per heavy atom. The average molecular weight is 361 g/mol. The summed E-state index contributed by atoms with van der Waals surface area (Å²) in [5.41, 5.74) is 3.58. The summed E-state index contributed by atoms with van der Waals surface area (Å²) in [5, 5.41) is 4.71. The lowest BCUT2D eigenvalue weighted by molar-refractivity contribution is 0.240. The van der Waals surface area contributed by atoms with Crippen molar-refractivity contribution in [2.75, 3.05) is 32.8 Å². The van der Waals surface area contributed by atoms with E-state index in [4.69, 9.17) is 9.72 Å². The molecule has 4 nitrogen and oxygen atoms in total. The molecule has 1 fully saturated rings. The number of rotatable bonds is 5. The zero-order valence-electron chi connectivity index (χ0n) is 15.9. The van der Waals surface area contributed by atoms with E-state index >= 15 is 0 Å². The van der Waals surface area contributed by atoms with Crippen molar-refractivity contribution in [1.82, 2.24) is 15.2 Å². The van der Waals surface area contributed by atoms with Gasteiger partial charge in [-0.25, -0.2) is 0 Å². The molecule has 0 amide bonds. The first-order chi connectivity index (χ1) is 13.3. The van der Waals surface area contributed by atoms with Gasteiger partial charge in [-0.15, -0.1) is 0 Å². The number of hydrogen-bond donors (Lipinski definition) is 1. The maximum absolute atomic E-state index is 5.63. The predicted molar refractivity (Wildman–Crippen MR) is 110 cm³/mol. The maximum Gasteiger partial charge on any atom is 0.119 e. The second-order valence-electron chi connectivity index (χ2n) is 7.01. The summed E-state index contributed by atoms with van der Waals surface area (Å²) < 4.78 is 5.63. The molecule has 2 heterocycles. The highest BCUT2D eigenvalue weighted by Gasteiger charge is 2.24. The monoisotopic (exact) mass is 361 g/mol. The van der Waals surface area contributed by atoms with Crippen molar-refractivity contribution in [2.24, 2.45) is 0 Å². The van der Waals surface area contributed by atoms with Crippen LogP contribution in [0.4, 0.5) is 0 Å². The highest BCUT2D eigenvalue weighted by molar-refractivity contribution is 5.79. The Morgan fingerprint density at radius 2 is 1.89 bits per heavy atom. The fraction of sp³-hybridized carbons (Fsp3) is 0.348. The van der Waals surface area contributed by atoms with E-state index in [0.717, 1.165) is 43.9 Å². The van der Waals surface area contributed by atoms with E-state index in [0.29, 0.717) is 6.61 Å². The average Bonchev–Trinajstić information content (AvgIpc) is 2.99. The number of ether oxygens (including phenoxy) is 1. The lowest BCUT2D eigenvalue weighted by Crippen LogP contribution is -2.33. The van der Waals surface area contributed by atoms with Gasteiger partial charge in [0.05, 0.1) is 18.2 Å². The first kappa shape index (κ1) is 18.0. The van der Waals surface area contributed by atoms with Crippen molar-refractivity contribution in [1.29, 1.82) is 0 Å². The SMILES string of the molecule is CCOc1ccc(C(c2cnc3ccccc3c2)N2CCCNCC2)cc1. The van der Waals surface area contributed by atoms with Crippen LogP contribution in [0.15, 0.2) is 60.8 Å². The van der Waals surface area contributed by atoms with Crippen LogP contribution in [-0.4, -0.2) is 42.7 Å². The number of pyridine rings is 1. The van der Waals surface area contributed by atoms with Gasteiger partial charge in [0.2, 0.25) is 0 Å². The van der Waals surface area contributed by atoms with Crippen LogP contribution in [0.3, 0.4) is 0 Å². The largest absolute Gasteiger partial charge is 0.494 e. The van der Waals surface area contributed by atoms with Crippen LogP contribution in [0.25, 0.3) is 10.9 Å². The van der Waals surface area contributed by atoms with Crippen molar-refractivity contribution in [3.05, 3.63) is 71.9 Å². The molecule has 4 heteroatoms. The number of benzene rings is 2. The van der Waals surface area contributed by atoms with Crippen molar-refractivity contribution in [3.8, 4) is 5.75 Å². The number of nitrogens with one attached hydrogen (secondary N) is 1. The molecule has 1 aromatic heterocycles. The van der Waals surface area contributed by atoms with E-state index in [1.165, 1.54) is 16.5 Å². The second kappa shape index (κ2) is 8.51. The third kappa shape index (κ3) is 4.12. The van der Waals surface area contributed by atoms with Gasteiger partial charge in [0.25, 0.3) is 0 Å². The Morgan fingerprint density at radius 3 is 2.74 bits per heavy atom. The third-order valence-electron chi connectivity index (χ3n) is 5.17. The molecule has 0 spiro atoms. The van der Waals surface area contributed by atoms with Crippen molar-refractivity contribution >= 4 is 10.9 Å². The van der Waals surface area contributed by atoms with Gasteiger partial charge in [-0.05, 0) is 55.3 Å². The van der Waals surface area contributed by atoms with Crippen molar-refractivity contribution in [2.45, 2.75) is 19.4 Å². The molecule has 1 aliphatic heterocycles. The summed E-state index contributed by atoms with van der Waals surface area (Å²) in [7, 11) is 0. The third-order valence-corrected chi connectivity index (χ3v) is 5.17. The highest BCUT2D eigenvalue weighted by Crippen LogP contribution is 2.31. The van der Waals surface area contributed by atoms with E-state index in [1.54, 1.807) is 0 Å². The summed E-state index contributed by atoms with van der Waals surface area (Å²) in [6.45, 7) is 6.93. The van der Waals surface area contributed by atoms with Gasteiger partial charge < -0.3 is 10.1 Å². The molecular weight excluding hydrogens is 334 g/mol. The van der Waals surface area contributed by atoms with Gasteiger partial charge >= 0.3 is 0 Å². The van der Waals surface area contributed by atoms with Crippen LogP contribution in [0.5, 0.6) is 5.75 Å². The topological polar surface area (TPSA) is 37.4 Å².